The average Bonchev–Trinajstić information content (AvgIpc) is 3.60. The number of benzene rings is 2. The number of nitrogens with zero attached hydrogens (tertiary/aromatic N) is 3. The van der Waals surface area contributed by atoms with E-state index < -0.39 is 6.10 Å². The molecule has 2 aliphatic heterocycles. The number of halogens is 1. The highest BCUT2D eigenvalue weighted by Gasteiger charge is 2.36. The number of likely N-dealkylation sites (N-methyl/N-ethyl adjacent to an activating group) is 1. The van der Waals surface area contributed by atoms with Gasteiger partial charge >= 0.3 is 6.03 Å². The fourth-order valence-corrected chi connectivity index (χ4v) is 6.83. The number of hydrogen-bond acceptors (Lipinski definition) is 7. The van der Waals surface area contributed by atoms with Gasteiger partial charge in [-0.2, -0.15) is 0 Å². The molecule has 3 atom stereocenters. The quantitative estimate of drug-likeness (QED) is 0.291. The number of methoxy groups -OCH3 is 1. The zero-order chi connectivity index (χ0) is 32.7. The van der Waals surface area contributed by atoms with Crippen molar-refractivity contribution in [1.29, 1.82) is 0 Å². The first kappa shape index (κ1) is 31.5. The first-order chi connectivity index (χ1) is 22.0. The van der Waals surface area contributed by atoms with Gasteiger partial charge in [0.05, 0.1) is 42.1 Å². The smallest absolute Gasteiger partial charge is 0.323 e. The second-order valence-electron chi connectivity index (χ2n) is 12.1. The van der Waals surface area contributed by atoms with E-state index in [4.69, 9.17) is 21.3 Å². The van der Waals surface area contributed by atoms with Crippen LogP contribution in [-0.2, 0) is 16.0 Å². The zero-order valence-electron chi connectivity index (χ0n) is 26.2. The van der Waals surface area contributed by atoms with Gasteiger partial charge in [0.15, 0.2) is 0 Å². The van der Waals surface area contributed by atoms with Gasteiger partial charge in [0.1, 0.15) is 0 Å². The van der Waals surface area contributed by atoms with Crippen molar-refractivity contribution in [2.75, 3.05) is 39.6 Å². The monoisotopic (exact) mass is 644 g/mol. The molecule has 1 saturated heterocycles. The van der Waals surface area contributed by atoms with Gasteiger partial charge in [-0.15, -0.1) is 0 Å². The molecule has 240 valence electrons. The summed E-state index contributed by atoms with van der Waals surface area (Å²) in [4.78, 5) is 44.6. The normalized spacial score (nSPS) is 20.8. The Labute approximate surface area is 272 Å². The predicted molar refractivity (Wildman–Crippen MR) is 176 cm³/mol. The second-order valence-corrected chi connectivity index (χ2v) is 12.4. The summed E-state index contributed by atoms with van der Waals surface area (Å²) in [6.07, 6.45) is 2.58. The predicted octanol–water partition coefficient (Wildman–Crippen LogP) is 4.03. The van der Waals surface area contributed by atoms with Gasteiger partial charge in [0.2, 0.25) is 11.8 Å². The lowest BCUT2D eigenvalue weighted by atomic mass is 9.96. The average molecular weight is 645 g/mol. The number of pyridine rings is 1. The van der Waals surface area contributed by atoms with Crippen LogP contribution in [0, 0.1) is 6.92 Å². The van der Waals surface area contributed by atoms with E-state index in [0.717, 1.165) is 34.2 Å². The van der Waals surface area contributed by atoms with Crippen molar-refractivity contribution in [3.8, 4) is 28.3 Å². The number of aromatic nitrogens is 1. The summed E-state index contributed by atoms with van der Waals surface area (Å²) in [6.45, 7) is 2.68. The first-order valence-corrected chi connectivity index (χ1v) is 15.6. The van der Waals surface area contributed by atoms with E-state index in [0.29, 0.717) is 52.8 Å². The molecule has 3 aromatic rings. The van der Waals surface area contributed by atoms with E-state index in [1.165, 1.54) is 9.80 Å². The standard InChI is InChI=1S/C34H37ClN6O5/c1-18-22(7-6-10-25(18)38-32(44)20-16-40(2)34(45)41(3)17-20)23-8-5-9-24(30(23)35)26-13-19-14-27(42)31(29(19)33(39-26)46-4)36-15-21-11-12-28(43)37-21/h5-10,13,16,21,27,31,36,42H,11-12,14-15,17H2,1-4H3,(H,37,43)(H,38,44)/t21-,27-,31?/m0/s1. The molecule has 11 nitrogen and oxygen atoms in total. The number of carbonyl (C=O) groups is 3. The van der Waals surface area contributed by atoms with Gasteiger partial charge in [-0.3, -0.25) is 9.59 Å². The van der Waals surface area contributed by atoms with Crippen LogP contribution in [0.4, 0.5) is 10.5 Å². The van der Waals surface area contributed by atoms with Crippen LogP contribution < -0.4 is 20.7 Å². The molecule has 6 rings (SSSR count). The lowest BCUT2D eigenvalue weighted by Crippen LogP contribution is -2.43. The third kappa shape index (κ3) is 5.93. The fourth-order valence-electron chi connectivity index (χ4n) is 6.51. The molecule has 0 saturated carbocycles. The SMILES string of the molecule is COc1nc(-c2cccc(-c3cccc(NC(=O)C4=CN(C)C(=O)N(C)C4)c3C)c2Cl)cc2c1C(NC[C@@H]1CCC(=O)N1)[C@@H](O)C2. The van der Waals surface area contributed by atoms with E-state index in [1.54, 1.807) is 27.4 Å². The number of carbonyl (C=O) groups excluding carboxylic acids is 3. The maximum atomic E-state index is 13.2. The van der Waals surface area contributed by atoms with E-state index >= 15 is 0 Å². The van der Waals surface area contributed by atoms with Gasteiger partial charge in [-0.05, 0) is 42.2 Å². The summed E-state index contributed by atoms with van der Waals surface area (Å²) in [5, 5.41) is 20.9. The Morgan fingerprint density at radius 3 is 2.61 bits per heavy atom. The van der Waals surface area contributed by atoms with Gasteiger partial charge in [0.25, 0.3) is 5.91 Å². The minimum absolute atomic E-state index is 0.0252. The van der Waals surface area contributed by atoms with Crippen LogP contribution in [-0.4, -0.2) is 84.2 Å². The van der Waals surface area contributed by atoms with Crippen molar-refractivity contribution in [2.45, 2.75) is 44.4 Å². The van der Waals surface area contributed by atoms with Gasteiger partial charge in [-0.1, -0.05) is 41.9 Å². The maximum Gasteiger partial charge on any atom is 0.323 e. The summed E-state index contributed by atoms with van der Waals surface area (Å²) in [6, 6.07) is 12.8. The molecule has 0 spiro atoms. The molecular formula is C34H37ClN6O5. The molecule has 1 aliphatic carbocycles. The second kappa shape index (κ2) is 12.7. The van der Waals surface area contributed by atoms with Gasteiger partial charge < -0.3 is 35.6 Å². The number of hydrogen-bond donors (Lipinski definition) is 4. The molecule has 12 heteroatoms. The van der Waals surface area contributed by atoms with Crippen molar-refractivity contribution in [1.82, 2.24) is 25.4 Å². The van der Waals surface area contributed by atoms with Crippen LogP contribution in [0.1, 0.15) is 35.6 Å². The van der Waals surface area contributed by atoms with Crippen molar-refractivity contribution in [3.05, 3.63) is 76.0 Å². The largest absolute Gasteiger partial charge is 0.481 e. The Morgan fingerprint density at radius 1 is 1.15 bits per heavy atom. The molecular weight excluding hydrogens is 608 g/mol. The molecule has 1 unspecified atom stereocenters. The minimum Gasteiger partial charge on any atom is -0.481 e. The Kier molecular flexibility index (Phi) is 8.73. The molecule has 0 radical (unpaired) electrons. The molecule has 0 bridgehead atoms. The number of urea groups is 1. The molecule has 3 heterocycles. The van der Waals surface area contributed by atoms with Crippen LogP contribution in [0.5, 0.6) is 5.88 Å². The van der Waals surface area contributed by atoms with Crippen LogP contribution in [0.2, 0.25) is 5.02 Å². The van der Waals surface area contributed by atoms with Gasteiger partial charge in [-0.25, -0.2) is 9.78 Å². The number of anilines is 1. The maximum absolute atomic E-state index is 13.2. The Hall–Kier alpha value is -4.45. The van der Waals surface area contributed by atoms with Gasteiger partial charge in [0, 0.05) is 68.1 Å². The molecule has 4 amide bonds. The number of nitrogens with one attached hydrogen (secondary N) is 3. The fraction of sp³-hybridized carbons (Fsp3) is 0.353. The van der Waals surface area contributed by atoms with Crippen molar-refractivity contribution < 1.29 is 24.2 Å². The third-order valence-electron chi connectivity index (χ3n) is 8.92. The molecule has 3 aliphatic rings. The van der Waals surface area contributed by atoms with Crippen molar-refractivity contribution >= 4 is 35.1 Å². The van der Waals surface area contributed by atoms with Crippen molar-refractivity contribution in [3.63, 3.8) is 0 Å². The number of amides is 4. The third-order valence-corrected chi connectivity index (χ3v) is 9.33. The summed E-state index contributed by atoms with van der Waals surface area (Å²) in [5.74, 6) is 0.170. The van der Waals surface area contributed by atoms with Crippen LogP contribution in [0.25, 0.3) is 22.4 Å². The molecule has 2 aromatic carbocycles. The van der Waals surface area contributed by atoms with E-state index in [1.807, 2.05) is 49.4 Å². The number of fused-ring (bicyclic) bond motifs is 1. The topological polar surface area (TPSA) is 136 Å². The highest BCUT2D eigenvalue weighted by atomic mass is 35.5. The molecule has 46 heavy (non-hydrogen) atoms. The Bertz CT molecular complexity index is 1760. The number of aliphatic hydroxyl groups is 1. The molecule has 4 N–H and O–H groups in total. The summed E-state index contributed by atoms with van der Waals surface area (Å²) >= 11 is 7.10. The van der Waals surface area contributed by atoms with Crippen molar-refractivity contribution in [2.24, 2.45) is 0 Å². The minimum atomic E-state index is -0.675. The summed E-state index contributed by atoms with van der Waals surface area (Å²) in [7, 11) is 4.83. The van der Waals surface area contributed by atoms with E-state index in [9.17, 15) is 19.5 Å². The number of ether oxygens (including phenoxy) is 1. The number of aliphatic hydroxyl groups excluding tert-OH is 1. The number of rotatable bonds is 8. The van der Waals surface area contributed by atoms with Crippen LogP contribution in [0.15, 0.2) is 54.2 Å². The highest BCUT2D eigenvalue weighted by molar-refractivity contribution is 6.36. The summed E-state index contributed by atoms with van der Waals surface area (Å²) in [5.41, 5.74) is 6.60. The van der Waals surface area contributed by atoms with Crippen LogP contribution in [0.3, 0.4) is 0 Å². The Morgan fingerprint density at radius 2 is 1.89 bits per heavy atom. The zero-order valence-corrected chi connectivity index (χ0v) is 26.9. The Balaban J connectivity index is 1.28. The molecule has 1 aromatic heterocycles. The van der Waals surface area contributed by atoms with Crippen LogP contribution >= 0.6 is 11.6 Å². The lowest BCUT2D eigenvalue weighted by Gasteiger charge is -2.29. The first-order valence-electron chi connectivity index (χ1n) is 15.2. The van der Waals surface area contributed by atoms with E-state index in [-0.39, 0.29) is 36.5 Å². The highest BCUT2D eigenvalue weighted by Crippen LogP contribution is 2.43. The van der Waals surface area contributed by atoms with E-state index in [2.05, 4.69) is 16.0 Å². The summed E-state index contributed by atoms with van der Waals surface area (Å²) < 4.78 is 5.74. The molecule has 1 fully saturated rings. The lowest BCUT2D eigenvalue weighted by molar-refractivity contribution is -0.119.